The zero-order valence-electron chi connectivity index (χ0n) is 14.4. The van der Waals surface area contributed by atoms with Gasteiger partial charge in [0.25, 0.3) is 0 Å². The fourth-order valence-corrected chi connectivity index (χ4v) is 2.32. The summed E-state index contributed by atoms with van der Waals surface area (Å²) in [5, 5.41) is 2.80. The van der Waals surface area contributed by atoms with Gasteiger partial charge in [-0.1, -0.05) is 6.07 Å². The lowest BCUT2D eigenvalue weighted by Crippen LogP contribution is -2.26. The summed E-state index contributed by atoms with van der Waals surface area (Å²) in [5.41, 5.74) is 0.644. The molecule has 2 rings (SSSR count). The first-order valence-corrected chi connectivity index (χ1v) is 8.63. The topological polar surface area (TPSA) is 94.6 Å². The van der Waals surface area contributed by atoms with Crippen molar-refractivity contribution in [3.8, 4) is 0 Å². The molecule has 1 aliphatic rings. The number of carbonyl (C=O) groups excluding carboxylic acids is 3. The minimum Gasteiger partial charge on any atom is -0.466 e. The van der Waals surface area contributed by atoms with Crippen molar-refractivity contribution in [2.45, 2.75) is 45.1 Å². The van der Waals surface area contributed by atoms with Crippen LogP contribution in [0.25, 0.3) is 0 Å². The normalized spacial score (nSPS) is 14.4. The van der Waals surface area contributed by atoms with Gasteiger partial charge in [0, 0.05) is 36.8 Å². The van der Waals surface area contributed by atoms with Gasteiger partial charge in [0.05, 0.1) is 13.0 Å². The van der Waals surface area contributed by atoms with Crippen LogP contribution < -0.4 is 5.32 Å². The van der Waals surface area contributed by atoms with E-state index in [1.807, 2.05) is 0 Å². The van der Waals surface area contributed by atoms with E-state index in [1.54, 1.807) is 31.5 Å². The van der Waals surface area contributed by atoms with E-state index >= 15 is 0 Å². The first kappa shape index (κ1) is 18.9. The zero-order valence-corrected chi connectivity index (χ0v) is 14.4. The minimum atomic E-state index is -0.721. The summed E-state index contributed by atoms with van der Waals surface area (Å²) in [4.78, 5) is 39.3. The molecule has 1 heterocycles. The molecule has 136 valence electrons. The van der Waals surface area contributed by atoms with Crippen LogP contribution in [0.15, 0.2) is 24.5 Å². The Kier molecular flexibility index (Phi) is 7.37. The molecule has 1 aliphatic carbocycles. The number of aromatic nitrogens is 1. The molecule has 1 N–H and O–H groups in total. The van der Waals surface area contributed by atoms with Gasteiger partial charge in [-0.3, -0.25) is 19.4 Å². The fourth-order valence-electron chi connectivity index (χ4n) is 2.32. The van der Waals surface area contributed by atoms with Gasteiger partial charge in [0.2, 0.25) is 5.91 Å². The maximum Gasteiger partial charge on any atom is 0.309 e. The van der Waals surface area contributed by atoms with Gasteiger partial charge in [-0.15, -0.1) is 0 Å². The van der Waals surface area contributed by atoms with E-state index in [0.717, 1.165) is 12.8 Å². The van der Waals surface area contributed by atoms with Gasteiger partial charge in [-0.25, -0.2) is 0 Å². The monoisotopic (exact) mass is 348 g/mol. The maximum absolute atomic E-state index is 12.0. The van der Waals surface area contributed by atoms with Crippen molar-refractivity contribution in [1.82, 2.24) is 10.3 Å². The van der Waals surface area contributed by atoms with Crippen molar-refractivity contribution in [2.75, 3.05) is 13.2 Å². The first-order valence-electron chi connectivity index (χ1n) is 8.63. The molecule has 1 aromatic rings. The number of hydrogen-bond donors (Lipinski definition) is 1. The highest BCUT2D eigenvalue weighted by atomic mass is 16.6. The van der Waals surface area contributed by atoms with E-state index < -0.39 is 18.0 Å². The van der Waals surface area contributed by atoms with Crippen LogP contribution in [0, 0.1) is 5.92 Å². The standard InChI is InChI=1S/C18H24N2O5/c1-2-24-17(22)11-15(14-5-3-9-19-12-14)25-16(21)6-4-10-20-18(23)13-7-8-13/h3,5,9,12-13,15H,2,4,6-8,10-11H2,1H3,(H,20,23)/t15-/m0/s1. The molecule has 0 bridgehead atoms. The zero-order chi connectivity index (χ0) is 18.1. The smallest absolute Gasteiger partial charge is 0.309 e. The van der Waals surface area contributed by atoms with Crippen molar-refractivity contribution in [2.24, 2.45) is 5.92 Å². The predicted octanol–water partition coefficient (Wildman–Crippen LogP) is 1.93. The molecule has 0 aliphatic heterocycles. The van der Waals surface area contributed by atoms with Crippen molar-refractivity contribution in [3.63, 3.8) is 0 Å². The Bertz CT molecular complexity index is 586. The quantitative estimate of drug-likeness (QED) is 0.513. The van der Waals surface area contributed by atoms with Crippen LogP contribution in [0.2, 0.25) is 0 Å². The van der Waals surface area contributed by atoms with Crippen molar-refractivity contribution in [3.05, 3.63) is 30.1 Å². The second-order valence-corrected chi connectivity index (χ2v) is 5.94. The third kappa shape index (κ3) is 6.91. The van der Waals surface area contributed by atoms with E-state index in [1.165, 1.54) is 0 Å². The number of ether oxygens (including phenoxy) is 2. The highest BCUT2D eigenvalue weighted by Gasteiger charge is 2.29. The molecule has 1 atom stereocenters. The molecule has 0 radical (unpaired) electrons. The number of carbonyl (C=O) groups is 3. The second kappa shape index (κ2) is 9.76. The summed E-state index contributed by atoms with van der Waals surface area (Å²) in [5.74, 6) is -0.630. The Morgan fingerprint density at radius 2 is 2.12 bits per heavy atom. The van der Waals surface area contributed by atoms with E-state index in [4.69, 9.17) is 9.47 Å². The summed E-state index contributed by atoms with van der Waals surface area (Å²) in [6.45, 7) is 2.44. The fraction of sp³-hybridized carbons (Fsp3) is 0.556. The number of rotatable bonds is 10. The van der Waals surface area contributed by atoms with Crippen molar-refractivity contribution < 1.29 is 23.9 Å². The Hall–Kier alpha value is -2.44. The van der Waals surface area contributed by atoms with Crippen LogP contribution in [0.4, 0.5) is 0 Å². The molecule has 1 amide bonds. The van der Waals surface area contributed by atoms with E-state index in [-0.39, 0.29) is 31.3 Å². The van der Waals surface area contributed by atoms with Crippen molar-refractivity contribution in [1.29, 1.82) is 0 Å². The molecule has 0 unspecified atom stereocenters. The number of amides is 1. The summed E-state index contributed by atoms with van der Waals surface area (Å²) < 4.78 is 10.4. The minimum absolute atomic E-state index is 0.0519. The van der Waals surface area contributed by atoms with Gasteiger partial charge >= 0.3 is 11.9 Å². The molecule has 1 aromatic heterocycles. The molecule has 0 aromatic carbocycles. The summed E-state index contributed by atoms with van der Waals surface area (Å²) in [6.07, 6.45) is 4.97. The van der Waals surface area contributed by atoms with E-state index in [2.05, 4.69) is 10.3 Å². The summed E-state index contributed by atoms with van der Waals surface area (Å²) >= 11 is 0. The number of nitrogens with zero attached hydrogens (tertiary/aromatic N) is 1. The maximum atomic E-state index is 12.0. The van der Waals surface area contributed by atoms with Crippen LogP contribution in [0.5, 0.6) is 0 Å². The number of pyridine rings is 1. The van der Waals surface area contributed by atoms with Gasteiger partial charge in [0.15, 0.2) is 0 Å². The lowest BCUT2D eigenvalue weighted by atomic mass is 10.1. The lowest BCUT2D eigenvalue weighted by molar-refractivity contribution is -0.155. The van der Waals surface area contributed by atoms with Gasteiger partial charge in [-0.05, 0) is 32.3 Å². The average molecular weight is 348 g/mol. The Labute approximate surface area is 147 Å². The van der Waals surface area contributed by atoms with Crippen LogP contribution in [0.3, 0.4) is 0 Å². The number of esters is 2. The Balaban J connectivity index is 1.79. The number of nitrogens with one attached hydrogen (secondary N) is 1. The van der Waals surface area contributed by atoms with Gasteiger partial charge < -0.3 is 14.8 Å². The molecule has 7 heteroatoms. The van der Waals surface area contributed by atoms with Crippen LogP contribution in [-0.4, -0.2) is 36.0 Å². The van der Waals surface area contributed by atoms with E-state index in [0.29, 0.717) is 18.5 Å². The molecule has 1 saturated carbocycles. The Morgan fingerprint density at radius 1 is 1.32 bits per heavy atom. The molecule has 1 fully saturated rings. The summed E-state index contributed by atoms with van der Waals surface area (Å²) in [7, 11) is 0. The van der Waals surface area contributed by atoms with Gasteiger partial charge in [0.1, 0.15) is 6.10 Å². The second-order valence-electron chi connectivity index (χ2n) is 5.94. The van der Waals surface area contributed by atoms with E-state index in [9.17, 15) is 14.4 Å². The first-order chi connectivity index (χ1) is 12.1. The Morgan fingerprint density at radius 3 is 2.76 bits per heavy atom. The van der Waals surface area contributed by atoms with Gasteiger partial charge in [-0.2, -0.15) is 0 Å². The third-order valence-corrected chi connectivity index (χ3v) is 3.79. The van der Waals surface area contributed by atoms with Crippen LogP contribution in [-0.2, 0) is 23.9 Å². The molecule has 0 saturated heterocycles. The average Bonchev–Trinajstić information content (AvgIpc) is 3.44. The molecule has 25 heavy (non-hydrogen) atoms. The molecule has 7 nitrogen and oxygen atoms in total. The predicted molar refractivity (Wildman–Crippen MR) is 89.3 cm³/mol. The SMILES string of the molecule is CCOC(=O)C[C@H](OC(=O)CCCNC(=O)C1CC1)c1cccnc1. The third-order valence-electron chi connectivity index (χ3n) is 3.79. The number of hydrogen-bond acceptors (Lipinski definition) is 6. The highest BCUT2D eigenvalue weighted by molar-refractivity contribution is 5.80. The summed E-state index contributed by atoms with van der Waals surface area (Å²) in [6, 6.07) is 3.47. The van der Waals surface area contributed by atoms with Crippen molar-refractivity contribution >= 4 is 17.8 Å². The highest BCUT2D eigenvalue weighted by Crippen LogP contribution is 2.28. The van der Waals surface area contributed by atoms with Crippen LogP contribution in [0.1, 0.15) is 50.7 Å². The van der Waals surface area contributed by atoms with Crippen LogP contribution >= 0.6 is 0 Å². The largest absolute Gasteiger partial charge is 0.466 e. The lowest BCUT2D eigenvalue weighted by Gasteiger charge is -2.17. The molecular formula is C18H24N2O5. The molecular weight excluding hydrogens is 324 g/mol. The molecule has 0 spiro atoms.